The maximum absolute atomic E-state index is 11.8. The lowest BCUT2D eigenvalue weighted by Crippen LogP contribution is -2.34. The largest absolute Gasteiger partial charge is 0.478 e. The Bertz CT molecular complexity index is 492. The van der Waals surface area contributed by atoms with Gasteiger partial charge in [-0.2, -0.15) is 0 Å². The fraction of sp³-hybridized carbons (Fsp3) is 0.333. The Balaban J connectivity index is 2.61. The van der Waals surface area contributed by atoms with Gasteiger partial charge in [-0.25, -0.2) is 4.79 Å². The van der Waals surface area contributed by atoms with E-state index in [0.717, 1.165) is 17.2 Å². The topological polar surface area (TPSA) is 60.9 Å². The SMILES string of the molecule is CN(C)CC(=O)N(C)Cc1ccc(/C=C/C(=O)O)cc1. The zero-order chi connectivity index (χ0) is 15.1. The summed E-state index contributed by atoms with van der Waals surface area (Å²) in [5, 5.41) is 8.55. The van der Waals surface area contributed by atoms with E-state index in [1.54, 1.807) is 11.9 Å². The van der Waals surface area contributed by atoms with E-state index in [0.29, 0.717) is 13.1 Å². The van der Waals surface area contributed by atoms with Gasteiger partial charge in [0.05, 0.1) is 6.54 Å². The molecule has 1 aromatic carbocycles. The lowest BCUT2D eigenvalue weighted by atomic mass is 10.1. The molecule has 0 saturated heterocycles. The van der Waals surface area contributed by atoms with Gasteiger partial charge in [-0.3, -0.25) is 4.79 Å². The Morgan fingerprint density at radius 1 is 1.15 bits per heavy atom. The summed E-state index contributed by atoms with van der Waals surface area (Å²) in [4.78, 5) is 25.7. The summed E-state index contributed by atoms with van der Waals surface area (Å²) in [7, 11) is 5.48. The van der Waals surface area contributed by atoms with Crippen LogP contribution >= 0.6 is 0 Å². The number of carboxylic acids is 1. The van der Waals surface area contributed by atoms with Gasteiger partial charge in [0.25, 0.3) is 0 Å². The number of carbonyl (C=O) groups is 2. The van der Waals surface area contributed by atoms with Crippen LogP contribution in [0.1, 0.15) is 11.1 Å². The van der Waals surface area contributed by atoms with E-state index in [1.165, 1.54) is 6.08 Å². The van der Waals surface area contributed by atoms with Crippen molar-refractivity contribution >= 4 is 18.0 Å². The highest BCUT2D eigenvalue weighted by Crippen LogP contribution is 2.08. The zero-order valence-corrected chi connectivity index (χ0v) is 12.0. The Labute approximate surface area is 119 Å². The molecule has 0 aliphatic rings. The second-order valence-electron chi connectivity index (χ2n) is 4.90. The van der Waals surface area contributed by atoms with Gasteiger partial charge in [0.1, 0.15) is 0 Å². The minimum atomic E-state index is -0.969. The van der Waals surface area contributed by atoms with Crippen LogP contribution in [0.25, 0.3) is 6.08 Å². The Morgan fingerprint density at radius 3 is 2.25 bits per heavy atom. The summed E-state index contributed by atoms with van der Waals surface area (Å²) < 4.78 is 0. The molecular weight excluding hydrogens is 256 g/mol. The van der Waals surface area contributed by atoms with Crippen LogP contribution in [0, 0.1) is 0 Å². The molecule has 1 amide bonds. The fourth-order valence-electron chi connectivity index (χ4n) is 1.65. The van der Waals surface area contributed by atoms with Crippen molar-refractivity contribution in [1.82, 2.24) is 9.80 Å². The minimum absolute atomic E-state index is 0.0600. The summed E-state index contributed by atoms with van der Waals surface area (Å²) in [6, 6.07) is 7.44. The van der Waals surface area contributed by atoms with E-state index in [2.05, 4.69) is 0 Å². The second kappa shape index (κ2) is 7.45. The van der Waals surface area contributed by atoms with Crippen molar-refractivity contribution in [3.8, 4) is 0 Å². The molecule has 0 aliphatic carbocycles. The molecule has 0 bridgehead atoms. The molecule has 5 nitrogen and oxygen atoms in total. The standard InChI is InChI=1S/C15H20N2O3/c1-16(2)11-14(18)17(3)10-13-6-4-12(5-7-13)8-9-15(19)20/h4-9H,10-11H2,1-3H3,(H,19,20)/b9-8+. The van der Waals surface area contributed by atoms with Gasteiger partial charge in [0.2, 0.25) is 5.91 Å². The summed E-state index contributed by atoms with van der Waals surface area (Å²) >= 11 is 0. The molecule has 0 unspecified atom stereocenters. The van der Waals surface area contributed by atoms with Crippen LogP contribution in [0.5, 0.6) is 0 Å². The van der Waals surface area contributed by atoms with Crippen LogP contribution in [-0.4, -0.2) is 54.5 Å². The van der Waals surface area contributed by atoms with Crippen LogP contribution in [0.2, 0.25) is 0 Å². The van der Waals surface area contributed by atoms with Crippen LogP contribution < -0.4 is 0 Å². The van der Waals surface area contributed by atoms with Gasteiger partial charge >= 0.3 is 5.97 Å². The summed E-state index contributed by atoms with van der Waals surface area (Å²) in [6.07, 6.45) is 2.63. The van der Waals surface area contributed by atoms with E-state index in [1.807, 2.05) is 43.3 Å². The molecule has 108 valence electrons. The van der Waals surface area contributed by atoms with E-state index in [-0.39, 0.29) is 5.91 Å². The lowest BCUT2D eigenvalue weighted by molar-refractivity contribution is -0.132. The molecule has 1 rings (SSSR count). The number of carbonyl (C=O) groups excluding carboxylic acids is 1. The molecule has 5 heteroatoms. The van der Waals surface area contributed by atoms with Crippen molar-refractivity contribution in [2.45, 2.75) is 6.54 Å². The number of carboxylic acid groups (broad SMARTS) is 1. The van der Waals surface area contributed by atoms with Gasteiger partial charge < -0.3 is 14.9 Å². The molecule has 0 saturated carbocycles. The normalized spacial score (nSPS) is 11.0. The fourth-order valence-corrected chi connectivity index (χ4v) is 1.65. The number of hydrogen-bond donors (Lipinski definition) is 1. The summed E-state index contributed by atoms with van der Waals surface area (Å²) in [6.45, 7) is 0.922. The quantitative estimate of drug-likeness (QED) is 0.796. The highest BCUT2D eigenvalue weighted by molar-refractivity contribution is 5.85. The van der Waals surface area contributed by atoms with E-state index in [4.69, 9.17) is 5.11 Å². The zero-order valence-electron chi connectivity index (χ0n) is 12.0. The Hall–Kier alpha value is -2.14. The Morgan fingerprint density at radius 2 is 1.75 bits per heavy atom. The van der Waals surface area contributed by atoms with Gasteiger partial charge in [-0.05, 0) is 31.3 Å². The van der Waals surface area contributed by atoms with Crippen molar-refractivity contribution in [2.75, 3.05) is 27.7 Å². The van der Waals surface area contributed by atoms with Gasteiger partial charge in [-0.15, -0.1) is 0 Å². The first-order chi connectivity index (χ1) is 9.38. The van der Waals surface area contributed by atoms with Crippen molar-refractivity contribution in [2.24, 2.45) is 0 Å². The van der Waals surface area contributed by atoms with Crippen molar-refractivity contribution in [1.29, 1.82) is 0 Å². The molecule has 1 N–H and O–H groups in total. The smallest absolute Gasteiger partial charge is 0.328 e. The minimum Gasteiger partial charge on any atom is -0.478 e. The van der Waals surface area contributed by atoms with Crippen molar-refractivity contribution in [3.63, 3.8) is 0 Å². The first kappa shape index (κ1) is 15.9. The van der Waals surface area contributed by atoms with Crippen molar-refractivity contribution in [3.05, 3.63) is 41.5 Å². The molecule has 0 aromatic heterocycles. The number of benzene rings is 1. The maximum Gasteiger partial charge on any atom is 0.328 e. The third-order valence-electron chi connectivity index (χ3n) is 2.70. The van der Waals surface area contributed by atoms with Gasteiger partial charge in [-0.1, -0.05) is 24.3 Å². The van der Waals surface area contributed by atoms with Crippen LogP contribution in [0.15, 0.2) is 30.3 Å². The van der Waals surface area contributed by atoms with E-state index >= 15 is 0 Å². The molecule has 0 heterocycles. The molecule has 0 aliphatic heterocycles. The summed E-state index contributed by atoms with van der Waals surface area (Å²) in [5.41, 5.74) is 1.82. The average molecular weight is 276 g/mol. The highest BCUT2D eigenvalue weighted by atomic mass is 16.4. The van der Waals surface area contributed by atoms with E-state index < -0.39 is 5.97 Å². The molecular formula is C15H20N2O3. The Kier molecular flexibility index (Phi) is 5.93. The predicted molar refractivity (Wildman–Crippen MR) is 78.1 cm³/mol. The number of hydrogen-bond acceptors (Lipinski definition) is 3. The first-order valence-electron chi connectivity index (χ1n) is 6.27. The molecule has 1 aromatic rings. The summed E-state index contributed by atoms with van der Waals surface area (Å²) in [5.74, 6) is -0.909. The average Bonchev–Trinajstić information content (AvgIpc) is 2.37. The lowest BCUT2D eigenvalue weighted by Gasteiger charge is -2.19. The number of amides is 1. The van der Waals surface area contributed by atoms with Crippen LogP contribution in [0.3, 0.4) is 0 Å². The van der Waals surface area contributed by atoms with Gasteiger partial charge in [0, 0.05) is 19.7 Å². The molecule has 0 fully saturated rings. The molecule has 0 spiro atoms. The van der Waals surface area contributed by atoms with Crippen LogP contribution in [-0.2, 0) is 16.1 Å². The van der Waals surface area contributed by atoms with Crippen molar-refractivity contribution < 1.29 is 14.7 Å². The number of likely N-dealkylation sites (N-methyl/N-ethyl adjacent to an activating group) is 2. The number of nitrogens with zero attached hydrogens (tertiary/aromatic N) is 2. The molecule has 0 radical (unpaired) electrons. The first-order valence-corrected chi connectivity index (χ1v) is 6.27. The van der Waals surface area contributed by atoms with Gasteiger partial charge in [0.15, 0.2) is 0 Å². The molecule has 20 heavy (non-hydrogen) atoms. The number of aliphatic carboxylic acids is 1. The third kappa shape index (κ3) is 5.67. The third-order valence-corrected chi connectivity index (χ3v) is 2.70. The monoisotopic (exact) mass is 276 g/mol. The second-order valence-corrected chi connectivity index (χ2v) is 4.90. The van der Waals surface area contributed by atoms with E-state index in [9.17, 15) is 9.59 Å². The predicted octanol–water partition coefficient (Wildman–Crippen LogP) is 1.30. The maximum atomic E-state index is 11.8. The van der Waals surface area contributed by atoms with Crippen LogP contribution in [0.4, 0.5) is 0 Å². The number of rotatable bonds is 6. The molecule has 0 atom stereocenters. The highest BCUT2D eigenvalue weighted by Gasteiger charge is 2.09.